The highest BCUT2D eigenvalue weighted by molar-refractivity contribution is 7.95. The van der Waals surface area contributed by atoms with Crippen LogP contribution in [0.2, 0.25) is 0 Å². The Morgan fingerprint density at radius 3 is 1.22 bits per heavy atom. The number of carbonyl (C=O) groups is 4. The summed E-state index contributed by atoms with van der Waals surface area (Å²) in [5, 5.41) is 6.46. The summed E-state index contributed by atoms with van der Waals surface area (Å²) in [4.78, 5) is 45.0. The fourth-order valence-electron chi connectivity index (χ4n) is 5.10. The maximum absolute atomic E-state index is 13.3. The number of ether oxygens (including phenoxy) is 3. The van der Waals surface area contributed by atoms with Crippen molar-refractivity contribution in [1.82, 2.24) is 5.32 Å². The molecule has 0 aliphatic carbocycles. The summed E-state index contributed by atoms with van der Waals surface area (Å²) >= 11 is 33.7. The van der Waals surface area contributed by atoms with Crippen LogP contribution in [-0.2, 0) is 33.4 Å². The van der Waals surface area contributed by atoms with Gasteiger partial charge >= 0.3 is 17.9 Å². The molecule has 3 rings (SSSR count). The van der Waals surface area contributed by atoms with E-state index in [0.717, 1.165) is 12.6 Å². The second-order valence-electron chi connectivity index (χ2n) is 10.9. The third-order valence-electron chi connectivity index (χ3n) is 7.40. The van der Waals surface area contributed by atoms with E-state index >= 15 is 0 Å². The van der Waals surface area contributed by atoms with Crippen LogP contribution in [0.5, 0.6) is 0 Å². The average molecular weight is 813 g/mol. The van der Waals surface area contributed by atoms with Gasteiger partial charge in [0.1, 0.15) is 48.5 Å². The van der Waals surface area contributed by atoms with Crippen molar-refractivity contribution in [3.05, 3.63) is 91.0 Å². The lowest BCUT2D eigenvalue weighted by Gasteiger charge is -2.33. The second-order valence-corrected chi connectivity index (χ2v) is 17.8. The number of esters is 3. The minimum absolute atomic E-state index is 0.0416. The lowest BCUT2D eigenvalue weighted by Crippen LogP contribution is -2.59. The van der Waals surface area contributed by atoms with E-state index in [-0.39, 0.29) is 6.42 Å². The Kier molecular flexibility index (Phi) is 17.2. The molecule has 0 bridgehead atoms. The van der Waals surface area contributed by atoms with Gasteiger partial charge in [-0.2, -0.15) is 0 Å². The van der Waals surface area contributed by atoms with Crippen molar-refractivity contribution >= 4 is 117 Å². The Labute approximate surface area is 316 Å². The van der Waals surface area contributed by atoms with Gasteiger partial charge in [0, 0.05) is 6.42 Å². The van der Waals surface area contributed by atoms with Crippen LogP contribution >= 0.6 is 76.9 Å². The van der Waals surface area contributed by atoms with Crippen LogP contribution in [0.15, 0.2) is 91.0 Å². The molecule has 0 aliphatic rings. The number of nitrogens with one attached hydrogen (secondary N) is 1. The molecule has 0 spiro atoms. The Balaban J connectivity index is 1.77. The largest absolute Gasteiger partial charge is 0.461 e. The molecule has 8 nitrogen and oxygen atoms in total. The molecule has 1 amide bonds. The Morgan fingerprint density at radius 1 is 0.551 bits per heavy atom. The van der Waals surface area contributed by atoms with Crippen molar-refractivity contribution < 1.29 is 33.4 Å². The zero-order valence-corrected chi connectivity index (χ0v) is 31.6. The number of alkyl halides is 6. The smallest absolute Gasteiger partial charge is 0.339 e. The number of unbranched alkanes of at least 4 members (excludes halogenated alkanes) is 2. The van der Waals surface area contributed by atoms with Crippen LogP contribution in [-0.4, -0.2) is 69.8 Å². The van der Waals surface area contributed by atoms with Gasteiger partial charge in [-0.15, -0.1) is 0 Å². The molecule has 3 aromatic rings. The van der Waals surface area contributed by atoms with Gasteiger partial charge in [0.25, 0.3) is 0 Å². The Morgan fingerprint density at radius 2 is 0.898 bits per heavy atom. The first-order valence-corrected chi connectivity index (χ1v) is 19.7. The van der Waals surface area contributed by atoms with Crippen molar-refractivity contribution in [1.29, 1.82) is 0 Å². The zero-order chi connectivity index (χ0) is 35.9. The van der Waals surface area contributed by atoms with Crippen molar-refractivity contribution in [2.75, 3.05) is 26.0 Å². The zero-order valence-electron chi connectivity index (χ0n) is 26.1. The first kappa shape index (κ1) is 41.1. The van der Waals surface area contributed by atoms with E-state index in [4.69, 9.17) is 83.8 Å². The lowest BCUT2D eigenvalue weighted by atomic mass is 10.0. The SMILES string of the molecule is O=C(CCCCC[P+](c1ccccc1)(c1ccccc1)c1ccccc1)NC(COC(=O)C(Cl)Cl)(COC(=O)C(Cl)Cl)COC(=O)C(Cl)Cl. The van der Waals surface area contributed by atoms with Gasteiger partial charge in [-0.3, -0.25) is 4.79 Å². The number of amides is 1. The minimum Gasteiger partial charge on any atom is -0.461 e. The fraction of sp³-hybridized carbons (Fsp3) is 0.353. The van der Waals surface area contributed by atoms with Gasteiger partial charge in [0.2, 0.25) is 20.4 Å². The molecule has 264 valence electrons. The topological polar surface area (TPSA) is 108 Å². The summed E-state index contributed by atoms with van der Waals surface area (Å²) in [5.41, 5.74) is -1.79. The number of rotatable bonds is 19. The number of hydrogen-bond donors (Lipinski definition) is 1. The number of carbonyl (C=O) groups excluding carboxylic acids is 4. The van der Waals surface area contributed by atoms with E-state index in [2.05, 4.69) is 78.1 Å². The van der Waals surface area contributed by atoms with Crippen molar-refractivity contribution in [3.8, 4) is 0 Å². The van der Waals surface area contributed by atoms with Gasteiger partial charge in [-0.1, -0.05) is 124 Å². The van der Waals surface area contributed by atoms with E-state index in [1.807, 2.05) is 18.2 Å². The van der Waals surface area contributed by atoms with Crippen molar-refractivity contribution in [2.45, 2.75) is 45.7 Å². The highest BCUT2D eigenvalue weighted by Gasteiger charge is 2.44. The van der Waals surface area contributed by atoms with E-state index in [1.165, 1.54) is 15.9 Å². The molecule has 0 aromatic heterocycles. The first-order chi connectivity index (χ1) is 23.4. The van der Waals surface area contributed by atoms with E-state index in [1.54, 1.807) is 0 Å². The first-order valence-electron chi connectivity index (χ1n) is 15.1. The molecule has 0 aliphatic heterocycles. The Hall–Kier alpha value is -2.29. The lowest BCUT2D eigenvalue weighted by molar-refractivity contribution is -0.157. The highest BCUT2D eigenvalue weighted by Crippen LogP contribution is 2.56. The van der Waals surface area contributed by atoms with Crippen LogP contribution in [0.1, 0.15) is 25.7 Å². The highest BCUT2D eigenvalue weighted by atomic mass is 35.5. The van der Waals surface area contributed by atoms with Gasteiger partial charge in [-0.05, 0) is 55.7 Å². The third-order valence-corrected chi connectivity index (χ3v) is 13.0. The molecule has 49 heavy (non-hydrogen) atoms. The maximum atomic E-state index is 13.3. The summed E-state index contributed by atoms with van der Waals surface area (Å²) in [6.07, 6.45) is 2.91. The molecule has 0 heterocycles. The predicted molar refractivity (Wildman–Crippen MR) is 199 cm³/mol. The number of hydrogen-bond acceptors (Lipinski definition) is 7. The van der Waals surface area contributed by atoms with Crippen molar-refractivity contribution in [2.24, 2.45) is 0 Å². The predicted octanol–water partition coefficient (Wildman–Crippen LogP) is 6.44. The molecule has 1 N–H and O–H groups in total. The number of halogens is 6. The monoisotopic (exact) mass is 810 g/mol. The second kappa shape index (κ2) is 20.5. The van der Waals surface area contributed by atoms with Crippen LogP contribution in [0.25, 0.3) is 0 Å². The fourth-order valence-corrected chi connectivity index (χ4v) is 9.89. The molecular formula is C34H35Cl6NO7P+. The summed E-state index contributed by atoms with van der Waals surface area (Å²) in [7, 11) is -2.04. The van der Waals surface area contributed by atoms with Crippen LogP contribution in [0.3, 0.4) is 0 Å². The van der Waals surface area contributed by atoms with Gasteiger partial charge in [0.15, 0.2) is 0 Å². The van der Waals surface area contributed by atoms with Crippen LogP contribution in [0.4, 0.5) is 0 Å². The van der Waals surface area contributed by atoms with Gasteiger partial charge in [-0.25, -0.2) is 14.4 Å². The summed E-state index contributed by atoms with van der Waals surface area (Å²) in [6.45, 7) is -1.97. The molecular weight excluding hydrogens is 778 g/mol. The minimum atomic E-state index is -2.04. The standard InChI is InChI=1S/C34H34Cl6NO7P/c35-28(36)31(43)46-21-34(22-47-32(44)29(37)38,23-48-33(45)30(39)40)41-27(42)19-11-4-12-20-49(24-13-5-1-6-14-24,25-15-7-2-8-16-25)26-17-9-3-10-18-26/h1-3,5-10,13-18,28-30H,4,11-12,19-23H2/p+1. The van der Waals surface area contributed by atoms with Crippen molar-refractivity contribution in [3.63, 3.8) is 0 Å². The Bertz CT molecular complexity index is 1340. The normalized spacial score (nSPS) is 11.8. The molecule has 0 atom stereocenters. The number of benzene rings is 3. The molecule has 0 unspecified atom stereocenters. The van der Waals surface area contributed by atoms with Crippen LogP contribution < -0.4 is 21.2 Å². The van der Waals surface area contributed by atoms with Crippen LogP contribution in [0, 0.1) is 0 Å². The molecule has 0 fully saturated rings. The van der Waals surface area contributed by atoms with Gasteiger partial charge < -0.3 is 19.5 Å². The third kappa shape index (κ3) is 12.5. The molecule has 0 radical (unpaired) electrons. The maximum Gasteiger partial charge on any atom is 0.339 e. The van der Waals surface area contributed by atoms with E-state index in [9.17, 15) is 19.2 Å². The average Bonchev–Trinajstić information content (AvgIpc) is 3.11. The summed E-state index contributed by atoms with van der Waals surface area (Å²) < 4.78 is 15.4. The summed E-state index contributed by atoms with van der Waals surface area (Å²) in [6, 6.07) is 31.4. The summed E-state index contributed by atoms with van der Waals surface area (Å²) in [5.74, 6) is -3.67. The molecule has 3 aromatic carbocycles. The molecule has 0 saturated heterocycles. The molecule has 15 heteroatoms. The molecule has 0 saturated carbocycles. The quantitative estimate of drug-likeness (QED) is 0.0489. The van der Waals surface area contributed by atoms with Gasteiger partial charge in [0.05, 0.1) is 6.16 Å². The van der Waals surface area contributed by atoms with E-state index < -0.39 is 70.9 Å². The van der Waals surface area contributed by atoms with E-state index in [0.29, 0.717) is 12.8 Å².